The Morgan fingerprint density at radius 2 is 1.82 bits per heavy atom. The van der Waals surface area contributed by atoms with E-state index in [9.17, 15) is 19.5 Å². The molecule has 2 aromatic rings. The van der Waals surface area contributed by atoms with Gasteiger partial charge in [-0.25, -0.2) is 4.79 Å². The molecule has 1 saturated carbocycles. The van der Waals surface area contributed by atoms with Crippen LogP contribution in [0, 0.1) is 18.8 Å². The summed E-state index contributed by atoms with van der Waals surface area (Å²) in [6.45, 7) is 6.41. The number of ether oxygens (including phenoxy) is 1. The molecule has 0 bridgehead atoms. The Labute approximate surface area is 235 Å². The van der Waals surface area contributed by atoms with Crippen LogP contribution in [0.3, 0.4) is 0 Å². The summed E-state index contributed by atoms with van der Waals surface area (Å²) in [5.41, 5.74) is 3.34. The first kappa shape index (κ1) is 28.9. The normalized spacial score (nSPS) is 20.5. The van der Waals surface area contributed by atoms with Crippen LogP contribution < -0.4 is 4.74 Å². The molecule has 210 valence electrons. The van der Waals surface area contributed by atoms with Crippen LogP contribution in [-0.4, -0.2) is 71.0 Å². The van der Waals surface area contributed by atoms with Crippen LogP contribution in [-0.2, 0) is 16.1 Å². The van der Waals surface area contributed by atoms with E-state index >= 15 is 0 Å². The van der Waals surface area contributed by atoms with Crippen molar-refractivity contribution in [1.82, 2.24) is 14.7 Å². The highest BCUT2D eigenvalue weighted by Gasteiger charge is 2.33. The third kappa shape index (κ3) is 7.31. The largest absolute Gasteiger partial charge is 0.491 e. The molecule has 39 heavy (non-hydrogen) atoms. The maximum Gasteiger partial charge on any atom is 0.327 e. The fraction of sp³-hybridized carbons (Fsp3) is 0.500. The van der Waals surface area contributed by atoms with Gasteiger partial charge >= 0.3 is 12.0 Å². The number of benzene rings is 2. The lowest BCUT2D eigenvalue weighted by Crippen LogP contribution is -2.35. The van der Waals surface area contributed by atoms with Gasteiger partial charge in [-0.15, -0.1) is 0 Å². The molecule has 1 saturated heterocycles. The topological polar surface area (TPSA) is 90.4 Å². The van der Waals surface area contributed by atoms with Gasteiger partial charge in [-0.05, 0) is 80.3 Å². The minimum atomic E-state index is -0.677. The Morgan fingerprint density at radius 1 is 1.13 bits per heavy atom. The summed E-state index contributed by atoms with van der Waals surface area (Å²) in [5, 5.41) is 10.1. The number of carboxylic acids is 1. The number of urea groups is 1. The van der Waals surface area contributed by atoms with Gasteiger partial charge in [0.05, 0.1) is 12.5 Å². The molecule has 1 heterocycles. The number of likely N-dealkylation sites (N-methyl/N-ethyl adjacent to an activating group) is 1. The van der Waals surface area contributed by atoms with Gasteiger partial charge in [0.1, 0.15) is 18.9 Å². The zero-order chi connectivity index (χ0) is 28.1. The minimum absolute atomic E-state index is 0.110. The molecule has 1 aliphatic heterocycles. The van der Waals surface area contributed by atoms with Crippen molar-refractivity contribution in [1.29, 1.82) is 0 Å². The first-order chi connectivity index (χ1) is 18.6. The van der Waals surface area contributed by atoms with E-state index in [0.29, 0.717) is 10.9 Å². The van der Waals surface area contributed by atoms with Crippen LogP contribution in [0.25, 0.3) is 0 Å². The lowest BCUT2D eigenvalue weighted by molar-refractivity contribution is -0.143. The highest BCUT2D eigenvalue weighted by atomic mass is 35.5. The molecule has 3 amide bonds. The van der Waals surface area contributed by atoms with Gasteiger partial charge < -0.3 is 14.7 Å². The number of carboxylic acid groups (broad SMARTS) is 1. The van der Waals surface area contributed by atoms with Gasteiger partial charge in [-0.3, -0.25) is 19.4 Å². The number of hydrogen-bond donors (Lipinski definition) is 1. The summed E-state index contributed by atoms with van der Waals surface area (Å²) in [5.74, 6) is 0.0823. The van der Waals surface area contributed by atoms with E-state index in [0.717, 1.165) is 55.6 Å². The SMILES string of the molecule is Cc1cc(CN(CC2CCC(C(=O)O)CC2)C(C)c2ccc(Cl)cc2)ccc1OCCN1C(=O)CN(C)C1=O. The zero-order valence-electron chi connectivity index (χ0n) is 22.9. The molecule has 4 rings (SSSR count). The van der Waals surface area contributed by atoms with E-state index < -0.39 is 5.97 Å². The molecule has 8 nitrogen and oxygen atoms in total. The van der Waals surface area contributed by atoms with Crippen LogP contribution >= 0.6 is 11.6 Å². The van der Waals surface area contributed by atoms with E-state index in [4.69, 9.17) is 16.3 Å². The predicted molar refractivity (Wildman–Crippen MR) is 150 cm³/mol. The summed E-state index contributed by atoms with van der Waals surface area (Å²) in [7, 11) is 1.61. The molecule has 2 aromatic carbocycles. The Morgan fingerprint density at radius 3 is 2.41 bits per heavy atom. The summed E-state index contributed by atoms with van der Waals surface area (Å²) >= 11 is 6.13. The van der Waals surface area contributed by atoms with Crippen LogP contribution in [0.1, 0.15) is 55.3 Å². The van der Waals surface area contributed by atoms with E-state index in [1.165, 1.54) is 15.4 Å². The number of carbonyl (C=O) groups is 3. The molecule has 0 radical (unpaired) electrons. The third-order valence-corrected chi connectivity index (χ3v) is 8.27. The van der Waals surface area contributed by atoms with Gasteiger partial charge in [0.25, 0.3) is 0 Å². The maximum atomic E-state index is 12.1. The number of amides is 3. The van der Waals surface area contributed by atoms with Crippen molar-refractivity contribution in [2.45, 2.75) is 52.1 Å². The summed E-state index contributed by atoms with van der Waals surface area (Å²) < 4.78 is 5.93. The molecular formula is C30H38ClN3O5. The van der Waals surface area contributed by atoms with E-state index in [-0.39, 0.29) is 43.6 Å². The lowest BCUT2D eigenvalue weighted by atomic mass is 9.81. The van der Waals surface area contributed by atoms with E-state index in [1.807, 2.05) is 25.1 Å². The molecule has 0 aromatic heterocycles. The number of aryl methyl sites for hydroxylation is 1. The van der Waals surface area contributed by atoms with Crippen LogP contribution in [0.5, 0.6) is 5.75 Å². The van der Waals surface area contributed by atoms with Gasteiger partial charge in [0, 0.05) is 31.2 Å². The maximum absolute atomic E-state index is 12.1. The quantitative estimate of drug-likeness (QED) is 0.375. The Kier molecular flexibility index (Phi) is 9.51. The van der Waals surface area contributed by atoms with Crippen molar-refractivity contribution < 1.29 is 24.2 Å². The molecule has 2 fully saturated rings. The fourth-order valence-corrected chi connectivity index (χ4v) is 5.70. The average molecular weight is 556 g/mol. The molecule has 0 spiro atoms. The molecule has 9 heteroatoms. The second-order valence-electron chi connectivity index (χ2n) is 10.8. The number of halogens is 1. The molecule has 1 atom stereocenters. The van der Waals surface area contributed by atoms with Crippen molar-refractivity contribution in [2.75, 3.05) is 33.3 Å². The van der Waals surface area contributed by atoms with Crippen molar-refractivity contribution in [3.05, 3.63) is 64.2 Å². The second kappa shape index (κ2) is 12.8. The lowest BCUT2D eigenvalue weighted by Gasteiger charge is -2.35. The van der Waals surface area contributed by atoms with Gasteiger partial charge in [0.2, 0.25) is 5.91 Å². The highest BCUT2D eigenvalue weighted by molar-refractivity contribution is 6.30. The molecule has 1 unspecified atom stereocenters. The average Bonchev–Trinajstić information content (AvgIpc) is 3.15. The predicted octanol–water partition coefficient (Wildman–Crippen LogP) is 5.38. The standard InChI is InChI=1S/C30H38ClN3O5/c1-20-16-23(6-13-27(20)39-15-14-34-28(35)19-32(3)30(34)38)18-33(21(2)24-9-11-26(31)12-10-24)17-22-4-7-25(8-5-22)29(36)37/h6,9-13,16,21-22,25H,4-5,7-8,14-15,17-19H2,1-3H3,(H,36,37). The minimum Gasteiger partial charge on any atom is -0.491 e. The number of aliphatic carboxylic acids is 1. The van der Waals surface area contributed by atoms with E-state index in [2.05, 4.69) is 36.1 Å². The summed E-state index contributed by atoms with van der Waals surface area (Å²) in [6.07, 6.45) is 3.31. The second-order valence-corrected chi connectivity index (χ2v) is 11.3. The highest BCUT2D eigenvalue weighted by Crippen LogP contribution is 2.33. The van der Waals surface area contributed by atoms with Crippen LogP contribution in [0.4, 0.5) is 4.79 Å². The molecular weight excluding hydrogens is 518 g/mol. The Bertz CT molecular complexity index is 1180. The Hall–Kier alpha value is -3.10. The number of carbonyl (C=O) groups excluding carboxylic acids is 2. The number of imide groups is 1. The smallest absolute Gasteiger partial charge is 0.327 e. The van der Waals surface area contributed by atoms with E-state index in [1.54, 1.807) is 7.05 Å². The first-order valence-corrected chi connectivity index (χ1v) is 14.0. The molecule has 1 N–H and O–H groups in total. The number of rotatable bonds is 11. The third-order valence-electron chi connectivity index (χ3n) is 8.02. The van der Waals surface area contributed by atoms with Crippen molar-refractivity contribution >= 4 is 29.5 Å². The van der Waals surface area contributed by atoms with Crippen molar-refractivity contribution in [3.63, 3.8) is 0 Å². The van der Waals surface area contributed by atoms with Crippen molar-refractivity contribution in [2.24, 2.45) is 11.8 Å². The summed E-state index contributed by atoms with van der Waals surface area (Å²) in [6, 6.07) is 14.0. The molecule has 1 aliphatic carbocycles. The summed E-state index contributed by atoms with van der Waals surface area (Å²) in [4.78, 5) is 40.6. The van der Waals surface area contributed by atoms with Gasteiger partial charge in [0.15, 0.2) is 0 Å². The van der Waals surface area contributed by atoms with Crippen LogP contribution in [0.15, 0.2) is 42.5 Å². The number of hydrogen-bond acceptors (Lipinski definition) is 5. The number of nitrogens with zero attached hydrogens (tertiary/aromatic N) is 3. The van der Waals surface area contributed by atoms with Gasteiger partial charge in [-0.2, -0.15) is 0 Å². The van der Waals surface area contributed by atoms with Crippen molar-refractivity contribution in [3.8, 4) is 5.75 Å². The zero-order valence-corrected chi connectivity index (χ0v) is 23.7. The van der Waals surface area contributed by atoms with Gasteiger partial charge in [-0.1, -0.05) is 35.9 Å². The Balaban J connectivity index is 1.41. The fourth-order valence-electron chi connectivity index (χ4n) is 5.58. The monoisotopic (exact) mass is 555 g/mol. The van der Waals surface area contributed by atoms with Crippen LogP contribution in [0.2, 0.25) is 5.02 Å². The first-order valence-electron chi connectivity index (χ1n) is 13.6. The molecule has 2 aliphatic rings.